The lowest BCUT2D eigenvalue weighted by molar-refractivity contribution is 0.711. The molecule has 1 unspecified atom stereocenters. The summed E-state index contributed by atoms with van der Waals surface area (Å²) in [6.07, 6.45) is 0. The lowest BCUT2D eigenvalue weighted by Gasteiger charge is -2.36. The zero-order valence-corrected chi connectivity index (χ0v) is 50.6. The van der Waals surface area contributed by atoms with Crippen LogP contribution >= 0.6 is 0 Å². The van der Waals surface area contributed by atoms with Crippen molar-refractivity contribution < 1.29 is 0 Å². The second-order valence-corrected chi connectivity index (χ2v) is 26.5. The first-order valence-electron chi connectivity index (χ1n) is 31.4. The molecule has 88 heavy (non-hydrogen) atoms. The predicted molar refractivity (Wildman–Crippen MR) is 372 cm³/mol. The van der Waals surface area contributed by atoms with E-state index >= 15 is 0 Å². The summed E-state index contributed by atoms with van der Waals surface area (Å²) in [5, 5.41) is 7.74. The highest BCUT2D eigenvalue weighted by Crippen LogP contribution is 2.58. The van der Waals surface area contributed by atoms with Crippen LogP contribution in [0.25, 0.3) is 155 Å². The monoisotopic (exact) mass is 1120 g/mol. The molecular weight excluding hydrogens is 1060 g/mol. The third kappa shape index (κ3) is 6.06. The first kappa shape index (κ1) is 48.8. The summed E-state index contributed by atoms with van der Waals surface area (Å²) in [5.74, 6) is 0. The van der Waals surface area contributed by atoms with Crippen LogP contribution in [0, 0.1) is 55.4 Å². The Kier molecular flexibility index (Phi) is 9.31. The van der Waals surface area contributed by atoms with Crippen molar-refractivity contribution in [3.8, 4) is 78.1 Å². The van der Waals surface area contributed by atoms with Gasteiger partial charge in [-0.25, -0.2) is 0 Å². The molecule has 5 heteroatoms. The summed E-state index contributed by atoms with van der Waals surface area (Å²) in [7, 11) is 0. The summed E-state index contributed by atoms with van der Waals surface area (Å²) in [6, 6.07) is 81.0. The molecule has 4 aromatic heterocycles. The van der Waals surface area contributed by atoms with E-state index in [4.69, 9.17) is 0 Å². The first-order chi connectivity index (χ1) is 42.9. The molecule has 414 valence electrons. The third-order valence-corrected chi connectivity index (χ3v) is 21.2. The van der Waals surface area contributed by atoms with E-state index in [2.05, 4.69) is 280 Å². The molecule has 0 saturated carbocycles. The number of hydrogen-bond acceptors (Lipinski definition) is 0. The van der Waals surface area contributed by atoms with Gasteiger partial charge in [0.05, 0.1) is 50.3 Å². The van der Waals surface area contributed by atoms with Crippen molar-refractivity contribution in [2.45, 2.75) is 61.4 Å². The molecular formula is C83H59BN4. The van der Waals surface area contributed by atoms with E-state index < -0.39 is 0 Å². The van der Waals surface area contributed by atoms with Crippen molar-refractivity contribution in [1.29, 1.82) is 0 Å². The summed E-state index contributed by atoms with van der Waals surface area (Å²) in [6.45, 7) is 17.8. The van der Waals surface area contributed by atoms with Gasteiger partial charge in [0.2, 0.25) is 0 Å². The Hall–Kier alpha value is -10.4. The fraction of sp³-hybridized carbons (Fsp3) is 0.108. The molecule has 12 aromatic carbocycles. The van der Waals surface area contributed by atoms with Crippen LogP contribution in [0.4, 0.5) is 0 Å². The number of nitrogens with zero attached hydrogens (tertiary/aromatic N) is 4. The average molecular weight is 1120 g/mol. The summed E-state index contributed by atoms with van der Waals surface area (Å²) >= 11 is 0. The van der Waals surface area contributed by atoms with Crippen molar-refractivity contribution in [1.82, 2.24) is 18.2 Å². The second-order valence-electron chi connectivity index (χ2n) is 26.5. The van der Waals surface area contributed by atoms with Crippen molar-refractivity contribution in [3.63, 3.8) is 0 Å². The number of benzene rings is 12. The van der Waals surface area contributed by atoms with E-state index in [0.717, 1.165) is 0 Å². The van der Waals surface area contributed by atoms with Gasteiger partial charge in [0.15, 0.2) is 0 Å². The molecule has 8 heterocycles. The standard InChI is InChI=1S/C83H59BN4/c1-43-21-27-55(47(5)33-43)51-25-31-71-65(37-51)67-39-53(57-29-23-45(3)35-49(57)7)41-69-78(67)85(71)73-19-11-13-59-61-15-9-17-63-77(61)87(81(69)75(59)73)82-64-18-10-16-62-60-14-12-20-74-76(60)84(88(79(62)64)83(63)82)70-42-54(58-30-24-46(4)36-50(58)8)40-68-66-38-52(26-32-72(66)86(74)80(68)70)56-28-22-44(2)34-48(56)6/h9-42,81H,1-8H3. The molecule has 0 N–H and O–H groups in total. The minimum absolute atomic E-state index is 0.133. The number of fused-ring (bicyclic) bond motifs is 19. The molecule has 1 atom stereocenters. The van der Waals surface area contributed by atoms with E-state index in [9.17, 15) is 0 Å². The molecule has 4 aliphatic heterocycles. The van der Waals surface area contributed by atoms with Crippen LogP contribution in [-0.4, -0.2) is 25.0 Å². The van der Waals surface area contributed by atoms with Crippen LogP contribution in [0.2, 0.25) is 0 Å². The molecule has 0 fully saturated rings. The third-order valence-electron chi connectivity index (χ3n) is 21.2. The van der Waals surface area contributed by atoms with Crippen LogP contribution in [0.5, 0.6) is 0 Å². The summed E-state index contributed by atoms with van der Waals surface area (Å²) < 4.78 is 10.9. The van der Waals surface area contributed by atoms with E-state index in [0.29, 0.717) is 0 Å². The SMILES string of the molecule is Cc1ccc(-c2ccc3c(c2)c2cc(-c4ccc(C)cc4C)cc4c2n3-c2cccc3c2B4n2c4c-3cccc4c3c2c2cccc4c2n3C2c3c-4cccc3-n3c4ccc(-c5ccc(C)cc5C)cc4c4cc(-c5ccc(C)cc5C)cc2c43)c(C)c1. The largest absolute Gasteiger partial charge is 0.374 e. The number of para-hydroxylation sites is 2. The average Bonchev–Trinajstić information content (AvgIpc) is 1.47. The molecule has 20 rings (SSSR count). The Morgan fingerprint density at radius 1 is 0.307 bits per heavy atom. The van der Waals surface area contributed by atoms with Crippen molar-refractivity contribution >= 4 is 94.2 Å². The van der Waals surface area contributed by atoms with E-state index in [1.54, 1.807) is 0 Å². The van der Waals surface area contributed by atoms with Gasteiger partial charge in [-0.15, -0.1) is 0 Å². The van der Waals surface area contributed by atoms with Gasteiger partial charge >= 0.3 is 6.85 Å². The number of aryl methyl sites for hydroxylation is 8. The molecule has 0 saturated heterocycles. The second kappa shape index (κ2) is 16.8. The zero-order chi connectivity index (χ0) is 58.6. The summed E-state index contributed by atoms with van der Waals surface area (Å²) in [4.78, 5) is 0. The van der Waals surface area contributed by atoms with Crippen LogP contribution in [0.15, 0.2) is 206 Å². The Morgan fingerprint density at radius 2 is 0.773 bits per heavy atom. The minimum Gasteiger partial charge on any atom is -0.374 e. The maximum absolute atomic E-state index is 2.84. The molecule has 16 aromatic rings. The fourth-order valence-electron chi connectivity index (χ4n) is 17.8. The lowest BCUT2D eigenvalue weighted by atomic mass is 9.45. The van der Waals surface area contributed by atoms with Crippen LogP contribution in [0.3, 0.4) is 0 Å². The van der Waals surface area contributed by atoms with Crippen molar-refractivity contribution in [2.24, 2.45) is 0 Å². The van der Waals surface area contributed by atoms with Crippen LogP contribution in [-0.2, 0) is 0 Å². The maximum Gasteiger partial charge on any atom is 0.333 e. The number of rotatable bonds is 4. The van der Waals surface area contributed by atoms with Gasteiger partial charge in [-0.3, -0.25) is 0 Å². The van der Waals surface area contributed by atoms with Gasteiger partial charge in [-0.1, -0.05) is 174 Å². The number of aromatic nitrogens is 4. The molecule has 0 aliphatic carbocycles. The lowest BCUT2D eigenvalue weighted by Crippen LogP contribution is -2.55. The van der Waals surface area contributed by atoms with Gasteiger partial charge in [0, 0.05) is 65.8 Å². The summed E-state index contributed by atoms with van der Waals surface area (Å²) in [5.41, 5.74) is 43.8. The van der Waals surface area contributed by atoms with Gasteiger partial charge in [-0.05, 0) is 199 Å². The van der Waals surface area contributed by atoms with E-state index in [-0.39, 0.29) is 12.9 Å². The normalized spacial score (nSPS) is 14.0. The Bertz CT molecular complexity index is 5620. The van der Waals surface area contributed by atoms with Crippen LogP contribution < -0.4 is 10.9 Å². The van der Waals surface area contributed by atoms with Gasteiger partial charge < -0.3 is 18.2 Å². The minimum atomic E-state index is -0.133. The zero-order valence-electron chi connectivity index (χ0n) is 50.6. The molecule has 0 radical (unpaired) electrons. The van der Waals surface area contributed by atoms with E-state index in [1.807, 2.05) is 0 Å². The molecule has 4 nitrogen and oxygen atoms in total. The Labute approximate surface area is 510 Å². The molecule has 4 aliphatic rings. The molecule has 0 spiro atoms. The highest BCUT2D eigenvalue weighted by molar-refractivity contribution is 6.90. The van der Waals surface area contributed by atoms with Gasteiger partial charge in [0.1, 0.15) is 0 Å². The van der Waals surface area contributed by atoms with Crippen molar-refractivity contribution in [3.05, 3.63) is 262 Å². The topological polar surface area (TPSA) is 19.7 Å². The van der Waals surface area contributed by atoms with E-state index in [1.165, 1.54) is 221 Å². The number of hydrogen-bond donors (Lipinski definition) is 0. The fourth-order valence-corrected chi connectivity index (χ4v) is 17.8. The first-order valence-corrected chi connectivity index (χ1v) is 31.4. The Balaban J connectivity index is 0.919. The quantitative estimate of drug-likeness (QED) is 0.157. The smallest absolute Gasteiger partial charge is 0.333 e. The Morgan fingerprint density at radius 3 is 1.35 bits per heavy atom. The molecule has 0 amide bonds. The van der Waals surface area contributed by atoms with Gasteiger partial charge in [-0.2, -0.15) is 0 Å². The molecule has 0 bridgehead atoms. The highest BCUT2D eigenvalue weighted by atomic mass is 15.1. The van der Waals surface area contributed by atoms with Crippen molar-refractivity contribution in [2.75, 3.05) is 0 Å². The highest BCUT2D eigenvalue weighted by Gasteiger charge is 2.45. The van der Waals surface area contributed by atoms with Gasteiger partial charge in [0.25, 0.3) is 0 Å². The maximum atomic E-state index is 2.84. The predicted octanol–water partition coefficient (Wildman–Crippen LogP) is 20.0. The van der Waals surface area contributed by atoms with Crippen LogP contribution in [0.1, 0.15) is 61.7 Å².